The van der Waals surface area contributed by atoms with Crippen LogP contribution in [0, 0.1) is 47.3 Å². The van der Waals surface area contributed by atoms with Crippen molar-refractivity contribution < 1.29 is 4.79 Å². The molecule has 4 aliphatic carbocycles. The van der Waals surface area contributed by atoms with Gasteiger partial charge in [-0.2, -0.15) is 0 Å². The van der Waals surface area contributed by atoms with E-state index in [0.717, 1.165) is 60.2 Å². The number of carbonyl (C=O) groups excluding carboxylic acids is 1. The molecule has 4 rings (SSSR count). The van der Waals surface area contributed by atoms with E-state index >= 15 is 0 Å². The molecule has 0 bridgehead atoms. The second-order valence-corrected chi connectivity index (χ2v) is 8.50. The van der Waals surface area contributed by atoms with Crippen molar-refractivity contribution in [3.05, 3.63) is 0 Å². The van der Waals surface area contributed by atoms with Crippen molar-refractivity contribution in [3.8, 4) is 0 Å². The second-order valence-electron chi connectivity index (χ2n) is 8.50. The molecule has 112 valence electrons. The molecule has 0 radical (unpaired) electrons. The Labute approximate surface area is 123 Å². The number of hydrogen-bond acceptors (Lipinski definition) is 1. The summed E-state index contributed by atoms with van der Waals surface area (Å²) in [5.41, 5.74) is 0. The van der Waals surface area contributed by atoms with Crippen molar-refractivity contribution in [1.29, 1.82) is 0 Å². The lowest BCUT2D eigenvalue weighted by molar-refractivity contribution is -0.132. The van der Waals surface area contributed by atoms with Gasteiger partial charge < -0.3 is 0 Å². The van der Waals surface area contributed by atoms with Gasteiger partial charge in [-0.3, -0.25) is 4.79 Å². The van der Waals surface area contributed by atoms with Gasteiger partial charge in [0.2, 0.25) is 0 Å². The third-order valence-corrected chi connectivity index (χ3v) is 8.01. The van der Waals surface area contributed by atoms with Crippen molar-refractivity contribution >= 4 is 5.78 Å². The largest absolute Gasteiger partial charge is 0.300 e. The van der Waals surface area contributed by atoms with Crippen LogP contribution in [0.1, 0.15) is 65.2 Å². The Morgan fingerprint density at radius 2 is 1.65 bits per heavy atom. The molecule has 4 fully saturated rings. The highest BCUT2D eigenvalue weighted by Gasteiger charge is 2.54. The predicted molar refractivity (Wildman–Crippen MR) is 81.2 cm³/mol. The Morgan fingerprint density at radius 1 is 0.800 bits per heavy atom. The Morgan fingerprint density at radius 3 is 2.50 bits per heavy atom. The maximum atomic E-state index is 11.9. The first-order chi connectivity index (χ1) is 9.66. The zero-order valence-electron chi connectivity index (χ0n) is 13.2. The van der Waals surface area contributed by atoms with Crippen molar-refractivity contribution in [3.63, 3.8) is 0 Å². The summed E-state index contributed by atoms with van der Waals surface area (Å²) in [6.45, 7) is 4.99. The molecule has 0 aliphatic heterocycles. The van der Waals surface area contributed by atoms with E-state index in [1.807, 2.05) is 0 Å². The molecular formula is C19H30O. The summed E-state index contributed by atoms with van der Waals surface area (Å²) in [5.74, 6) is 7.90. The molecule has 8 atom stereocenters. The molecule has 8 unspecified atom stereocenters. The molecule has 0 saturated heterocycles. The molecule has 20 heavy (non-hydrogen) atoms. The number of fused-ring (bicyclic) bond motifs is 5. The van der Waals surface area contributed by atoms with Crippen LogP contribution >= 0.6 is 0 Å². The van der Waals surface area contributed by atoms with Gasteiger partial charge in [0.05, 0.1) is 0 Å². The highest BCUT2D eigenvalue weighted by molar-refractivity contribution is 5.79. The number of carbonyl (C=O) groups is 1. The maximum absolute atomic E-state index is 11.9. The molecule has 0 spiro atoms. The maximum Gasteiger partial charge on any atom is 0.133 e. The van der Waals surface area contributed by atoms with Crippen LogP contribution in [0.2, 0.25) is 0 Å². The molecule has 0 heterocycles. The van der Waals surface area contributed by atoms with E-state index in [0.29, 0.717) is 5.78 Å². The van der Waals surface area contributed by atoms with Crippen molar-refractivity contribution in [2.75, 3.05) is 0 Å². The minimum atomic E-state index is 0.554. The molecule has 4 aliphatic rings. The molecule has 1 heteroatoms. The molecule has 0 aromatic rings. The van der Waals surface area contributed by atoms with Crippen LogP contribution in [-0.2, 0) is 4.79 Å². The van der Waals surface area contributed by atoms with Gasteiger partial charge in [0, 0.05) is 12.8 Å². The molecule has 0 aromatic heterocycles. The zero-order chi connectivity index (χ0) is 13.9. The smallest absolute Gasteiger partial charge is 0.133 e. The minimum absolute atomic E-state index is 0.554. The highest BCUT2D eigenvalue weighted by Crippen LogP contribution is 2.60. The van der Waals surface area contributed by atoms with Crippen LogP contribution < -0.4 is 0 Å². The fourth-order valence-electron chi connectivity index (χ4n) is 7.03. The van der Waals surface area contributed by atoms with E-state index in [-0.39, 0.29) is 0 Å². The van der Waals surface area contributed by atoms with E-state index < -0.39 is 0 Å². The van der Waals surface area contributed by atoms with E-state index in [2.05, 4.69) is 13.8 Å². The summed E-state index contributed by atoms with van der Waals surface area (Å²) in [7, 11) is 0. The Hall–Kier alpha value is -0.330. The van der Waals surface area contributed by atoms with Gasteiger partial charge in [-0.25, -0.2) is 0 Å². The third-order valence-electron chi connectivity index (χ3n) is 8.01. The van der Waals surface area contributed by atoms with E-state index in [9.17, 15) is 4.79 Å². The monoisotopic (exact) mass is 274 g/mol. The van der Waals surface area contributed by atoms with Crippen LogP contribution in [0.4, 0.5) is 0 Å². The van der Waals surface area contributed by atoms with Gasteiger partial charge in [-0.15, -0.1) is 0 Å². The van der Waals surface area contributed by atoms with E-state index in [1.165, 1.54) is 38.5 Å². The summed E-state index contributed by atoms with van der Waals surface area (Å²) in [6.07, 6.45) is 10.5. The quantitative estimate of drug-likeness (QED) is 0.626. The first kappa shape index (κ1) is 13.3. The SMILES string of the molecule is CC1C(C)C2C3CCCC3CCC2C2CCC(=O)CC12. The lowest BCUT2D eigenvalue weighted by Gasteiger charge is -2.57. The fourth-order valence-corrected chi connectivity index (χ4v) is 7.03. The third kappa shape index (κ3) is 1.84. The zero-order valence-corrected chi connectivity index (χ0v) is 13.2. The van der Waals surface area contributed by atoms with Crippen LogP contribution in [0.3, 0.4) is 0 Å². The Bertz CT molecular complexity index is 401. The average molecular weight is 274 g/mol. The van der Waals surface area contributed by atoms with Crippen LogP contribution in [0.5, 0.6) is 0 Å². The lowest BCUT2D eigenvalue weighted by Crippen LogP contribution is -2.51. The van der Waals surface area contributed by atoms with Gasteiger partial charge in [0.25, 0.3) is 0 Å². The van der Waals surface area contributed by atoms with Gasteiger partial charge in [-0.1, -0.05) is 26.7 Å². The summed E-state index contributed by atoms with van der Waals surface area (Å²) in [4.78, 5) is 11.9. The van der Waals surface area contributed by atoms with Gasteiger partial charge in [-0.05, 0) is 73.0 Å². The normalized spacial score (nSPS) is 55.0. The number of hydrogen-bond donors (Lipinski definition) is 0. The average Bonchev–Trinajstić information content (AvgIpc) is 2.92. The molecule has 4 saturated carbocycles. The minimum Gasteiger partial charge on any atom is -0.300 e. The number of Topliss-reactive ketones (excluding diaryl/α,β-unsaturated/α-hetero) is 1. The Kier molecular flexibility index (Phi) is 3.23. The van der Waals surface area contributed by atoms with Crippen molar-refractivity contribution in [1.82, 2.24) is 0 Å². The lowest BCUT2D eigenvalue weighted by atomic mass is 9.48. The molecule has 0 N–H and O–H groups in total. The standard InChI is InChI=1S/C19H30O/c1-11-12(2)19-15-5-3-4-13(15)6-8-17(19)16-9-7-14(20)10-18(11)16/h11-13,15-19H,3-10H2,1-2H3. The fraction of sp³-hybridized carbons (Fsp3) is 0.947. The first-order valence-corrected chi connectivity index (χ1v) is 9.18. The van der Waals surface area contributed by atoms with Crippen molar-refractivity contribution in [2.24, 2.45) is 47.3 Å². The van der Waals surface area contributed by atoms with Crippen LogP contribution in [-0.4, -0.2) is 5.78 Å². The van der Waals surface area contributed by atoms with E-state index in [1.54, 1.807) is 0 Å². The van der Waals surface area contributed by atoms with Gasteiger partial charge in [0.1, 0.15) is 5.78 Å². The van der Waals surface area contributed by atoms with Gasteiger partial charge >= 0.3 is 0 Å². The first-order valence-electron chi connectivity index (χ1n) is 9.18. The number of rotatable bonds is 0. The summed E-state index contributed by atoms with van der Waals surface area (Å²) in [5, 5.41) is 0. The molecule has 0 aromatic carbocycles. The van der Waals surface area contributed by atoms with Crippen LogP contribution in [0.25, 0.3) is 0 Å². The molecular weight excluding hydrogens is 244 g/mol. The number of ketones is 1. The summed E-state index contributed by atoms with van der Waals surface area (Å²) < 4.78 is 0. The summed E-state index contributed by atoms with van der Waals surface area (Å²) >= 11 is 0. The second kappa shape index (κ2) is 4.85. The van der Waals surface area contributed by atoms with Crippen LogP contribution in [0.15, 0.2) is 0 Å². The van der Waals surface area contributed by atoms with Gasteiger partial charge in [0.15, 0.2) is 0 Å². The molecule has 0 amide bonds. The highest BCUT2D eigenvalue weighted by atomic mass is 16.1. The van der Waals surface area contributed by atoms with E-state index in [4.69, 9.17) is 0 Å². The van der Waals surface area contributed by atoms with Crippen molar-refractivity contribution in [2.45, 2.75) is 65.2 Å². The Balaban J connectivity index is 1.65. The molecule has 1 nitrogen and oxygen atoms in total. The topological polar surface area (TPSA) is 17.1 Å². The predicted octanol–water partition coefficient (Wildman–Crippen LogP) is 4.70. The summed E-state index contributed by atoms with van der Waals surface area (Å²) in [6, 6.07) is 0.